The minimum absolute atomic E-state index is 0.0129. The summed E-state index contributed by atoms with van der Waals surface area (Å²) in [6, 6.07) is 9.34. The molecule has 0 spiro atoms. The Kier molecular flexibility index (Phi) is 6.50. The van der Waals surface area contributed by atoms with Crippen molar-refractivity contribution in [2.24, 2.45) is 0 Å². The third-order valence-electron chi connectivity index (χ3n) is 3.18. The summed E-state index contributed by atoms with van der Waals surface area (Å²) in [5, 5.41) is 12.5. The standard InChI is InChI=1S/C15H20ClN3O/c1-11(13-5-7-14(16)8-6-13)18-12(2)15(20)19(3)10-4-9-17/h5-8,11-12,18H,4,10H2,1-3H3. The number of amides is 1. The molecule has 20 heavy (non-hydrogen) atoms. The second kappa shape index (κ2) is 7.88. The Balaban J connectivity index is 2.56. The highest BCUT2D eigenvalue weighted by atomic mass is 35.5. The van der Waals surface area contributed by atoms with E-state index in [1.54, 1.807) is 11.9 Å². The monoisotopic (exact) mass is 293 g/mol. The largest absolute Gasteiger partial charge is 0.343 e. The second-order valence-electron chi connectivity index (χ2n) is 4.83. The molecule has 0 bridgehead atoms. The van der Waals surface area contributed by atoms with Crippen molar-refractivity contribution in [3.05, 3.63) is 34.9 Å². The maximum Gasteiger partial charge on any atom is 0.239 e. The first-order chi connectivity index (χ1) is 9.45. The highest BCUT2D eigenvalue weighted by Gasteiger charge is 2.19. The van der Waals surface area contributed by atoms with Crippen LogP contribution in [0.5, 0.6) is 0 Å². The van der Waals surface area contributed by atoms with Crippen LogP contribution < -0.4 is 5.32 Å². The van der Waals surface area contributed by atoms with Crippen molar-refractivity contribution in [2.45, 2.75) is 32.4 Å². The number of halogens is 1. The van der Waals surface area contributed by atoms with Crippen LogP contribution in [-0.2, 0) is 4.79 Å². The van der Waals surface area contributed by atoms with E-state index in [4.69, 9.17) is 16.9 Å². The maximum atomic E-state index is 12.1. The lowest BCUT2D eigenvalue weighted by Crippen LogP contribution is -2.44. The molecule has 1 aromatic carbocycles. The van der Waals surface area contributed by atoms with Gasteiger partial charge >= 0.3 is 0 Å². The molecule has 4 nitrogen and oxygen atoms in total. The van der Waals surface area contributed by atoms with Crippen molar-refractivity contribution in [3.63, 3.8) is 0 Å². The fourth-order valence-electron chi connectivity index (χ4n) is 1.95. The Bertz CT molecular complexity index is 481. The molecule has 0 radical (unpaired) electrons. The normalized spacial score (nSPS) is 13.3. The predicted molar refractivity (Wildman–Crippen MR) is 80.3 cm³/mol. The van der Waals surface area contributed by atoms with E-state index in [2.05, 4.69) is 5.32 Å². The fraction of sp³-hybridized carbons (Fsp3) is 0.467. The van der Waals surface area contributed by atoms with E-state index >= 15 is 0 Å². The van der Waals surface area contributed by atoms with Crippen LogP contribution in [0.25, 0.3) is 0 Å². The summed E-state index contributed by atoms with van der Waals surface area (Å²) in [5.74, 6) is -0.0129. The number of rotatable bonds is 6. The lowest BCUT2D eigenvalue weighted by molar-refractivity contribution is -0.131. The molecule has 0 aliphatic rings. The molecule has 0 saturated carbocycles. The van der Waals surface area contributed by atoms with E-state index in [1.165, 1.54) is 0 Å². The number of hydrogen-bond acceptors (Lipinski definition) is 3. The van der Waals surface area contributed by atoms with Crippen LogP contribution in [0.1, 0.15) is 31.9 Å². The van der Waals surface area contributed by atoms with E-state index in [0.29, 0.717) is 18.0 Å². The molecule has 0 saturated heterocycles. The van der Waals surface area contributed by atoms with Gasteiger partial charge in [0, 0.05) is 24.7 Å². The van der Waals surface area contributed by atoms with Crippen molar-refractivity contribution in [3.8, 4) is 6.07 Å². The van der Waals surface area contributed by atoms with Crippen LogP contribution in [0.3, 0.4) is 0 Å². The molecule has 0 aliphatic carbocycles. The number of nitrogens with one attached hydrogen (secondary N) is 1. The molecule has 0 aliphatic heterocycles. The number of nitrogens with zero attached hydrogens (tertiary/aromatic N) is 2. The van der Waals surface area contributed by atoms with Gasteiger partial charge in [-0.25, -0.2) is 0 Å². The van der Waals surface area contributed by atoms with Crippen molar-refractivity contribution in [1.82, 2.24) is 10.2 Å². The van der Waals surface area contributed by atoms with Crippen LogP contribution in [0, 0.1) is 11.3 Å². The van der Waals surface area contributed by atoms with Crippen molar-refractivity contribution in [1.29, 1.82) is 5.26 Å². The number of hydrogen-bond donors (Lipinski definition) is 1. The van der Waals surface area contributed by atoms with Gasteiger partial charge in [-0.2, -0.15) is 5.26 Å². The number of benzene rings is 1. The van der Waals surface area contributed by atoms with Crippen molar-refractivity contribution >= 4 is 17.5 Å². The van der Waals surface area contributed by atoms with E-state index in [-0.39, 0.29) is 18.0 Å². The summed E-state index contributed by atoms with van der Waals surface area (Å²) >= 11 is 5.86. The summed E-state index contributed by atoms with van der Waals surface area (Å²) in [7, 11) is 1.71. The van der Waals surface area contributed by atoms with Gasteiger partial charge in [0.25, 0.3) is 0 Å². The molecular weight excluding hydrogens is 274 g/mol. The van der Waals surface area contributed by atoms with Gasteiger partial charge in [0.05, 0.1) is 18.5 Å². The Morgan fingerprint density at radius 2 is 2.00 bits per heavy atom. The Hall–Kier alpha value is -1.57. The molecule has 2 unspecified atom stereocenters. The molecule has 1 aromatic rings. The predicted octanol–water partition coefficient (Wildman–Crippen LogP) is 2.75. The summed E-state index contributed by atoms with van der Waals surface area (Å²) in [4.78, 5) is 13.7. The first-order valence-corrected chi connectivity index (χ1v) is 6.97. The SMILES string of the molecule is CC(NC(C)c1ccc(Cl)cc1)C(=O)N(C)CCC#N. The second-order valence-corrected chi connectivity index (χ2v) is 5.27. The Morgan fingerprint density at radius 1 is 1.40 bits per heavy atom. The first-order valence-electron chi connectivity index (χ1n) is 6.59. The third kappa shape index (κ3) is 4.84. The van der Waals surface area contributed by atoms with Crippen LogP contribution in [0.2, 0.25) is 5.02 Å². The Morgan fingerprint density at radius 3 is 2.55 bits per heavy atom. The summed E-state index contributed by atoms with van der Waals surface area (Å²) in [6.45, 7) is 4.29. The number of likely N-dealkylation sites (N-methyl/N-ethyl adjacent to an activating group) is 1. The Labute approximate surface area is 125 Å². The van der Waals surface area contributed by atoms with E-state index < -0.39 is 0 Å². The number of nitriles is 1. The van der Waals surface area contributed by atoms with Gasteiger partial charge in [0.15, 0.2) is 0 Å². The van der Waals surface area contributed by atoms with Crippen LogP contribution in [0.15, 0.2) is 24.3 Å². The van der Waals surface area contributed by atoms with Crippen LogP contribution in [0.4, 0.5) is 0 Å². The quantitative estimate of drug-likeness (QED) is 0.877. The first kappa shape index (κ1) is 16.5. The minimum Gasteiger partial charge on any atom is -0.343 e. The van der Waals surface area contributed by atoms with Gasteiger partial charge in [0.1, 0.15) is 0 Å². The van der Waals surface area contributed by atoms with Gasteiger partial charge < -0.3 is 4.90 Å². The molecule has 2 atom stereocenters. The third-order valence-corrected chi connectivity index (χ3v) is 3.43. The zero-order valence-corrected chi connectivity index (χ0v) is 12.8. The average molecular weight is 294 g/mol. The maximum absolute atomic E-state index is 12.1. The molecule has 0 heterocycles. The van der Waals surface area contributed by atoms with Crippen LogP contribution >= 0.6 is 11.6 Å². The fourth-order valence-corrected chi connectivity index (χ4v) is 2.08. The number of carbonyl (C=O) groups excluding carboxylic acids is 1. The van der Waals surface area contributed by atoms with E-state index in [9.17, 15) is 4.79 Å². The molecule has 1 rings (SSSR count). The van der Waals surface area contributed by atoms with Gasteiger partial charge in [-0.05, 0) is 31.5 Å². The van der Waals surface area contributed by atoms with Gasteiger partial charge in [-0.15, -0.1) is 0 Å². The van der Waals surface area contributed by atoms with Gasteiger partial charge in [-0.1, -0.05) is 23.7 Å². The average Bonchev–Trinajstić information content (AvgIpc) is 2.44. The molecule has 0 aromatic heterocycles. The summed E-state index contributed by atoms with van der Waals surface area (Å²) < 4.78 is 0. The van der Waals surface area contributed by atoms with E-state index in [0.717, 1.165) is 5.56 Å². The van der Waals surface area contributed by atoms with Crippen molar-refractivity contribution in [2.75, 3.05) is 13.6 Å². The number of carbonyl (C=O) groups is 1. The van der Waals surface area contributed by atoms with Gasteiger partial charge in [-0.3, -0.25) is 10.1 Å². The molecule has 1 N–H and O–H groups in total. The minimum atomic E-state index is -0.302. The topological polar surface area (TPSA) is 56.1 Å². The van der Waals surface area contributed by atoms with E-state index in [1.807, 2.05) is 44.2 Å². The summed E-state index contributed by atoms with van der Waals surface area (Å²) in [6.07, 6.45) is 0.349. The molecule has 108 valence electrons. The lowest BCUT2D eigenvalue weighted by atomic mass is 10.1. The van der Waals surface area contributed by atoms with Crippen molar-refractivity contribution < 1.29 is 4.79 Å². The van der Waals surface area contributed by atoms with Crippen LogP contribution in [-0.4, -0.2) is 30.4 Å². The summed E-state index contributed by atoms with van der Waals surface area (Å²) in [5.41, 5.74) is 1.08. The van der Waals surface area contributed by atoms with Gasteiger partial charge in [0.2, 0.25) is 5.91 Å². The molecular formula is C15H20ClN3O. The smallest absolute Gasteiger partial charge is 0.239 e. The molecule has 1 amide bonds. The lowest BCUT2D eigenvalue weighted by Gasteiger charge is -2.24. The molecule has 0 fully saturated rings. The highest BCUT2D eigenvalue weighted by molar-refractivity contribution is 6.30. The zero-order chi connectivity index (χ0) is 15.1. The highest BCUT2D eigenvalue weighted by Crippen LogP contribution is 2.16. The molecule has 5 heteroatoms. The zero-order valence-electron chi connectivity index (χ0n) is 12.1.